The maximum atomic E-state index is 12.1. The summed E-state index contributed by atoms with van der Waals surface area (Å²) in [6.07, 6.45) is 4.40. The Kier molecular flexibility index (Phi) is 6.70. The molecule has 0 spiro atoms. The molecule has 0 aromatic heterocycles. The van der Waals surface area contributed by atoms with E-state index in [1.54, 1.807) is 11.0 Å². The van der Waals surface area contributed by atoms with Gasteiger partial charge in [0.25, 0.3) is 0 Å². The number of amides is 2. The first-order valence-electron chi connectivity index (χ1n) is 8.87. The van der Waals surface area contributed by atoms with Gasteiger partial charge in [0, 0.05) is 30.2 Å². The highest BCUT2D eigenvalue weighted by molar-refractivity contribution is 6.31. The Labute approximate surface area is 160 Å². The van der Waals surface area contributed by atoms with Crippen molar-refractivity contribution in [1.82, 2.24) is 10.2 Å². The topological polar surface area (TPSA) is 58.6 Å². The molecule has 6 heteroatoms. The summed E-state index contributed by atoms with van der Waals surface area (Å²) in [7, 11) is 0. The second kappa shape index (κ2) is 8.58. The van der Waals surface area contributed by atoms with Crippen molar-refractivity contribution in [2.45, 2.75) is 52.2 Å². The first kappa shape index (κ1) is 20.3. The number of nitrogens with one attached hydrogen (secondary N) is 1. The smallest absolute Gasteiger partial charge is 0.410 e. The van der Waals surface area contributed by atoms with Crippen LogP contribution in [0, 0.1) is 6.92 Å². The summed E-state index contributed by atoms with van der Waals surface area (Å²) in [5.74, 6) is -0.141. The molecule has 1 saturated heterocycles. The molecule has 5 nitrogen and oxygen atoms in total. The third-order valence-corrected chi connectivity index (χ3v) is 4.52. The maximum Gasteiger partial charge on any atom is 0.410 e. The molecule has 0 bridgehead atoms. The molecule has 0 saturated carbocycles. The number of rotatable bonds is 3. The Hall–Kier alpha value is -2.01. The van der Waals surface area contributed by atoms with Gasteiger partial charge >= 0.3 is 6.09 Å². The molecule has 0 atom stereocenters. The maximum absolute atomic E-state index is 12.1. The monoisotopic (exact) mass is 378 g/mol. The van der Waals surface area contributed by atoms with Gasteiger partial charge in [0.2, 0.25) is 5.91 Å². The first-order valence-corrected chi connectivity index (χ1v) is 9.24. The van der Waals surface area contributed by atoms with Crippen molar-refractivity contribution < 1.29 is 14.3 Å². The van der Waals surface area contributed by atoms with Crippen molar-refractivity contribution in [3.8, 4) is 0 Å². The van der Waals surface area contributed by atoms with Crippen LogP contribution in [0.5, 0.6) is 0 Å². The molecule has 1 heterocycles. The second-order valence-electron chi connectivity index (χ2n) is 7.59. The van der Waals surface area contributed by atoms with Crippen LogP contribution < -0.4 is 5.32 Å². The number of carbonyl (C=O) groups excluding carboxylic acids is 2. The second-order valence-corrected chi connectivity index (χ2v) is 8.00. The average Bonchev–Trinajstić information content (AvgIpc) is 2.55. The van der Waals surface area contributed by atoms with Gasteiger partial charge in [-0.25, -0.2) is 4.79 Å². The summed E-state index contributed by atoms with van der Waals surface area (Å²) < 4.78 is 5.38. The lowest BCUT2D eigenvalue weighted by atomic mass is 10.1. The molecule has 1 aliphatic rings. The Morgan fingerprint density at radius 3 is 2.50 bits per heavy atom. The molecule has 1 N–H and O–H groups in total. The summed E-state index contributed by atoms with van der Waals surface area (Å²) >= 11 is 6.09. The molecule has 1 fully saturated rings. The largest absolute Gasteiger partial charge is 0.444 e. The van der Waals surface area contributed by atoms with E-state index in [-0.39, 0.29) is 18.0 Å². The van der Waals surface area contributed by atoms with Crippen molar-refractivity contribution in [3.05, 3.63) is 40.4 Å². The predicted molar refractivity (Wildman–Crippen MR) is 104 cm³/mol. The SMILES string of the molecule is Cc1ccc(/C=C/C(=O)NC2CCN(C(=O)OC(C)(C)C)CC2)cc1Cl. The first-order chi connectivity index (χ1) is 12.1. The number of benzene rings is 1. The number of carbonyl (C=O) groups is 2. The summed E-state index contributed by atoms with van der Waals surface area (Å²) in [6, 6.07) is 5.74. The van der Waals surface area contributed by atoms with Crippen molar-refractivity contribution in [1.29, 1.82) is 0 Å². The van der Waals surface area contributed by atoms with Gasteiger partial charge in [0.05, 0.1) is 0 Å². The number of piperidine rings is 1. The standard InChI is InChI=1S/C20H27ClN2O3/c1-14-5-6-15(13-17(14)21)7-8-18(24)22-16-9-11-23(12-10-16)19(25)26-20(2,3)4/h5-8,13,16H,9-12H2,1-4H3,(H,22,24)/b8-7+. The van der Waals surface area contributed by atoms with Crippen LogP contribution in [0.2, 0.25) is 5.02 Å². The van der Waals surface area contributed by atoms with Crippen LogP contribution in [-0.2, 0) is 9.53 Å². The van der Waals surface area contributed by atoms with Gasteiger partial charge in [-0.05, 0) is 63.8 Å². The zero-order valence-electron chi connectivity index (χ0n) is 15.8. The molecule has 26 heavy (non-hydrogen) atoms. The van der Waals surface area contributed by atoms with Gasteiger partial charge in [-0.15, -0.1) is 0 Å². The van der Waals surface area contributed by atoms with Crippen molar-refractivity contribution in [2.75, 3.05) is 13.1 Å². The van der Waals surface area contributed by atoms with E-state index in [4.69, 9.17) is 16.3 Å². The van der Waals surface area contributed by atoms with E-state index in [1.165, 1.54) is 6.08 Å². The van der Waals surface area contributed by atoms with Gasteiger partial charge in [0.1, 0.15) is 5.60 Å². The summed E-state index contributed by atoms with van der Waals surface area (Å²) in [6.45, 7) is 8.66. The minimum absolute atomic E-state index is 0.0624. The van der Waals surface area contributed by atoms with Crippen LogP contribution >= 0.6 is 11.6 Å². The van der Waals surface area contributed by atoms with E-state index >= 15 is 0 Å². The number of ether oxygens (including phenoxy) is 1. The highest BCUT2D eigenvalue weighted by Crippen LogP contribution is 2.18. The summed E-state index contributed by atoms with van der Waals surface area (Å²) in [4.78, 5) is 25.8. The van der Waals surface area contributed by atoms with E-state index < -0.39 is 5.60 Å². The van der Waals surface area contributed by atoms with E-state index in [0.29, 0.717) is 18.1 Å². The lowest BCUT2D eigenvalue weighted by molar-refractivity contribution is -0.117. The van der Waals surface area contributed by atoms with Gasteiger partial charge in [0.15, 0.2) is 0 Å². The van der Waals surface area contributed by atoms with Crippen LogP contribution in [0.15, 0.2) is 24.3 Å². The number of hydrogen-bond acceptors (Lipinski definition) is 3. The lowest BCUT2D eigenvalue weighted by Gasteiger charge is -2.33. The molecule has 0 unspecified atom stereocenters. The zero-order valence-corrected chi connectivity index (χ0v) is 16.6. The molecule has 0 radical (unpaired) electrons. The molecule has 1 aromatic carbocycles. The number of aryl methyl sites for hydroxylation is 1. The molecular weight excluding hydrogens is 352 g/mol. The normalized spacial score (nSPS) is 16.0. The third kappa shape index (κ3) is 6.37. The van der Waals surface area contributed by atoms with Crippen LogP contribution in [0.25, 0.3) is 6.08 Å². The van der Waals surface area contributed by atoms with Gasteiger partial charge < -0.3 is 15.0 Å². The lowest BCUT2D eigenvalue weighted by Crippen LogP contribution is -2.47. The van der Waals surface area contributed by atoms with E-state index in [0.717, 1.165) is 24.0 Å². The Balaban J connectivity index is 1.79. The molecular formula is C20H27ClN2O3. The fourth-order valence-electron chi connectivity index (χ4n) is 2.67. The molecule has 2 rings (SSSR count). The van der Waals surface area contributed by atoms with Crippen LogP contribution in [0.4, 0.5) is 4.79 Å². The number of nitrogens with zero attached hydrogens (tertiary/aromatic N) is 1. The van der Waals surface area contributed by atoms with Gasteiger partial charge in [-0.2, -0.15) is 0 Å². The molecule has 1 aliphatic heterocycles. The summed E-state index contributed by atoms with van der Waals surface area (Å²) in [5, 5.41) is 3.67. The van der Waals surface area contributed by atoms with E-state index in [9.17, 15) is 9.59 Å². The van der Waals surface area contributed by atoms with Gasteiger partial charge in [-0.3, -0.25) is 4.79 Å². The molecule has 2 amide bonds. The Morgan fingerprint density at radius 1 is 1.27 bits per heavy atom. The highest BCUT2D eigenvalue weighted by atomic mass is 35.5. The van der Waals surface area contributed by atoms with Crippen LogP contribution in [-0.4, -0.2) is 41.6 Å². The van der Waals surface area contributed by atoms with E-state index in [2.05, 4.69) is 5.32 Å². The fraction of sp³-hybridized carbons (Fsp3) is 0.500. The number of halogens is 1. The minimum Gasteiger partial charge on any atom is -0.444 e. The van der Waals surface area contributed by atoms with Crippen molar-refractivity contribution in [2.24, 2.45) is 0 Å². The van der Waals surface area contributed by atoms with Crippen LogP contribution in [0.1, 0.15) is 44.7 Å². The molecule has 0 aliphatic carbocycles. The molecule has 1 aromatic rings. The third-order valence-electron chi connectivity index (χ3n) is 4.12. The van der Waals surface area contributed by atoms with Crippen molar-refractivity contribution >= 4 is 29.7 Å². The van der Waals surface area contributed by atoms with E-state index in [1.807, 2.05) is 45.9 Å². The van der Waals surface area contributed by atoms with Gasteiger partial charge in [-0.1, -0.05) is 23.7 Å². The number of likely N-dealkylation sites (tertiary alicyclic amines) is 1. The van der Waals surface area contributed by atoms with Crippen LogP contribution in [0.3, 0.4) is 0 Å². The van der Waals surface area contributed by atoms with Crippen molar-refractivity contribution in [3.63, 3.8) is 0 Å². The predicted octanol–water partition coefficient (Wildman–Crippen LogP) is 4.18. The Bertz CT molecular complexity index is 687. The Morgan fingerprint density at radius 2 is 1.92 bits per heavy atom. The fourth-order valence-corrected chi connectivity index (χ4v) is 2.86. The quantitative estimate of drug-likeness (QED) is 0.803. The molecule has 142 valence electrons. The average molecular weight is 379 g/mol. The zero-order chi connectivity index (χ0) is 19.3. The summed E-state index contributed by atoms with van der Waals surface area (Å²) in [5.41, 5.74) is 1.40. The highest BCUT2D eigenvalue weighted by Gasteiger charge is 2.27. The number of hydrogen-bond donors (Lipinski definition) is 1. The minimum atomic E-state index is -0.494.